The Morgan fingerprint density at radius 2 is 2.00 bits per heavy atom. The summed E-state index contributed by atoms with van der Waals surface area (Å²) in [6, 6.07) is 6.00. The molecule has 6 nitrogen and oxygen atoms in total. The molecule has 9 heteroatoms. The lowest BCUT2D eigenvalue weighted by molar-refractivity contribution is -0.174. The van der Waals surface area contributed by atoms with Crippen LogP contribution in [0.1, 0.15) is 30.9 Å². The zero-order valence-corrected chi connectivity index (χ0v) is 16.8. The van der Waals surface area contributed by atoms with Crippen LogP contribution in [0.4, 0.5) is 19.1 Å². The molecule has 0 aliphatic carbocycles. The van der Waals surface area contributed by atoms with Crippen molar-refractivity contribution in [2.45, 2.75) is 37.5 Å². The van der Waals surface area contributed by atoms with Crippen molar-refractivity contribution in [1.82, 2.24) is 19.7 Å². The fourth-order valence-corrected chi connectivity index (χ4v) is 4.40. The Morgan fingerprint density at radius 1 is 1.23 bits per heavy atom. The highest BCUT2D eigenvalue weighted by molar-refractivity contribution is 5.57. The van der Waals surface area contributed by atoms with Crippen LogP contribution in [0, 0.1) is 5.92 Å². The van der Waals surface area contributed by atoms with E-state index in [0.29, 0.717) is 0 Å². The largest absolute Gasteiger partial charge is 0.496 e. The van der Waals surface area contributed by atoms with Crippen molar-refractivity contribution in [2.24, 2.45) is 5.92 Å². The number of ether oxygens (including phenoxy) is 1. The average Bonchev–Trinajstić information content (AvgIpc) is 3.22. The number of hydrogen-bond acceptors (Lipinski definition) is 5. The predicted molar refractivity (Wildman–Crippen MR) is 108 cm³/mol. The number of halogens is 3. The molecule has 2 atom stereocenters. The number of methoxy groups -OCH3 is 1. The number of aromatic nitrogens is 3. The van der Waals surface area contributed by atoms with Crippen LogP contribution >= 0.6 is 0 Å². The van der Waals surface area contributed by atoms with E-state index in [0.717, 1.165) is 48.5 Å². The maximum atomic E-state index is 13.5. The number of hydrogen-bond donors (Lipinski definition) is 1. The molecule has 1 fully saturated rings. The summed E-state index contributed by atoms with van der Waals surface area (Å²) in [5.41, 5.74) is 1.03. The van der Waals surface area contributed by atoms with E-state index in [1.165, 1.54) is 6.33 Å². The molecule has 4 rings (SSSR count). The van der Waals surface area contributed by atoms with E-state index in [1.54, 1.807) is 7.11 Å². The van der Waals surface area contributed by atoms with Crippen LogP contribution in [-0.2, 0) is 0 Å². The standard InChI is InChI=1S/C21H26F3N5O/c1-30-18-7-3-2-5-16(18)6-4-10-28-11-8-15(9-12-28)17-13-19(21(22,23)24)29-20(27-17)25-14-26-29/h2-7,14-15,17,19H,8-13H2,1H3,(H,25,26,27)/b6-4+/t17-,19+/m0/s1. The molecule has 1 aromatic carbocycles. The van der Waals surface area contributed by atoms with Crippen molar-refractivity contribution in [2.75, 3.05) is 32.1 Å². The van der Waals surface area contributed by atoms with E-state index in [9.17, 15) is 13.2 Å². The molecule has 0 unspecified atom stereocenters. The summed E-state index contributed by atoms with van der Waals surface area (Å²) >= 11 is 0. The molecule has 2 aliphatic heterocycles. The van der Waals surface area contributed by atoms with Gasteiger partial charge in [0.2, 0.25) is 5.95 Å². The zero-order valence-electron chi connectivity index (χ0n) is 16.8. The van der Waals surface area contributed by atoms with Gasteiger partial charge in [-0.3, -0.25) is 4.90 Å². The summed E-state index contributed by atoms with van der Waals surface area (Å²) in [6.07, 6.45) is 2.73. The lowest BCUT2D eigenvalue weighted by atomic mass is 9.85. The van der Waals surface area contributed by atoms with Crippen molar-refractivity contribution in [1.29, 1.82) is 0 Å². The first kappa shape index (κ1) is 20.7. The van der Waals surface area contributed by atoms with Crippen LogP contribution in [0.15, 0.2) is 36.7 Å². The Bertz CT molecular complexity index is 874. The van der Waals surface area contributed by atoms with Crippen molar-refractivity contribution >= 4 is 12.0 Å². The lowest BCUT2D eigenvalue weighted by Gasteiger charge is -2.40. The summed E-state index contributed by atoms with van der Waals surface area (Å²) in [5.74, 6) is 1.24. The van der Waals surface area contributed by atoms with Gasteiger partial charge in [0.1, 0.15) is 12.1 Å². The van der Waals surface area contributed by atoms with Crippen LogP contribution < -0.4 is 10.1 Å². The second-order valence-corrected chi connectivity index (χ2v) is 7.85. The fraction of sp³-hybridized carbons (Fsp3) is 0.524. The lowest BCUT2D eigenvalue weighted by Crippen LogP contribution is -2.46. The molecule has 2 aromatic rings. The SMILES string of the molecule is COc1ccccc1/C=C/CN1CCC([C@@H]2C[C@H](C(F)(F)F)n3ncnc3N2)CC1. The van der Waals surface area contributed by atoms with Crippen molar-refractivity contribution in [3.8, 4) is 5.75 Å². The van der Waals surface area contributed by atoms with E-state index >= 15 is 0 Å². The van der Waals surface area contributed by atoms with Gasteiger partial charge in [-0.1, -0.05) is 30.4 Å². The maximum Gasteiger partial charge on any atom is 0.411 e. The van der Waals surface area contributed by atoms with Crippen LogP contribution in [0.25, 0.3) is 6.08 Å². The minimum atomic E-state index is -4.33. The number of para-hydroxylation sites is 1. The molecule has 0 radical (unpaired) electrons. The Hall–Kier alpha value is -2.55. The number of nitrogens with zero attached hydrogens (tertiary/aromatic N) is 4. The van der Waals surface area contributed by atoms with Gasteiger partial charge in [0, 0.05) is 18.2 Å². The molecular weight excluding hydrogens is 395 g/mol. The topological polar surface area (TPSA) is 55.2 Å². The van der Waals surface area contributed by atoms with Crippen molar-refractivity contribution in [3.05, 3.63) is 42.2 Å². The summed E-state index contributed by atoms with van der Waals surface area (Å²) in [4.78, 5) is 6.30. The summed E-state index contributed by atoms with van der Waals surface area (Å²) in [6.45, 7) is 2.54. The normalized spacial score (nSPS) is 23.3. The van der Waals surface area contributed by atoms with Gasteiger partial charge in [0.05, 0.1) is 7.11 Å². The zero-order chi connectivity index (χ0) is 21.1. The Kier molecular flexibility index (Phi) is 5.99. The van der Waals surface area contributed by atoms with Crippen LogP contribution in [0.3, 0.4) is 0 Å². The third-order valence-electron chi connectivity index (χ3n) is 6.04. The van der Waals surface area contributed by atoms with Crippen LogP contribution in [0.2, 0.25) is 0 Å². The van der Waals surface area contributed by atoms with E-state index in [1.807, 2.05) is 30.3 Å². The molecule has 1 saturated heterocycles. The quantitative estimate of drug-likeness (QED) is 0.791. The molecule has 1 N–H and O–H groups in total. The second-order valence-electron chi connectivity index (χ2n) is 7.85. The second kappa shape index (κ2) is 8.67. The molecule has 3 heterocycles. The monoisotopic (exact) mass is 421 g/mol. The Balaban J connectivity index is 1.32. The van der Waals surface area contributed by atoms with Crippen LogP contribution in [-0.4, -0.2) is 58.6 Å². The third-order valence-corrected chi connectivity index (χ3v) is 6.04. The smallest absolute Gasteiger partial charge is 0.411 e. The molecule has 0 spiro atoms. The first-order valence-corrected chi connectivity index (χ1v) is 10.2. The number of anilines is 1. The first-order chi connectivity index (χ1) is 14.5. The Labute approximate surface area is 173 Å². The van der Waals surface area contributed by atoms with Gasteiger partial charge in [0.25, 0.3) is 0 Å². The predicted octanol–water partition coefficient (Wildman–Crippen LogP) is 4.00. The van der Waals surface area contributed by atoms with Gasteiger partial charge in [-0.15, -0.1) is 0 Å². The highest BCUT2D eigenvalue weighted by Crippen LogP contribution is 2.41. The molecule has 162 valence electrons. The van der Waals surface area contributed by atoms with E-state index < -0.39 is 12.2 Å². The number of benzene rings is 1. The van der Waals surface area contributed by atoms with Crippen molar-refractivity contribution < 1.29 is 17.9 Å². The van der Waals surface area contributed by atoms with Gasteiger partial charge in [-0.25, -0.2) is 4.68 Å². The molecule has 0 saturated carbocycles. The van der Waals surface area contributed by atoms with Crippen molar-refractivity contribution in [3.63, 3.8) is 0 Å². The molecule has 1 aromatic heterocycles. The minimum Gasteiger partial charge on any atom is -0.496 e. The van der Waals surface area contributed by atoms with E-state index in [2.05, 4.69) is 26.4 Å². The van der Waals surface area contributed by atoms with Gasteiger partial charge < -0.3 is 10.1 Å². The molecule has 0 bridgehead atoms. The molecule has 0 amide bonds. The highest BCUT2D eigenvalue weighted by Gasteiger charge is 2.47. The number of nitrogens with one attached hydrogen (secondary N) is 1. The molecule has 2 aliphatic rings. The average molecular weight is 421 g/mol. The number of rotatable bonds is 5. The first-order valence-electron chi connectivity index (χ1n) is 10.2. The molecular formula is C21H26F3N5O. The number of alkyl halides is 3. The minimum absolute atomic E-state index is 0.00175. The number of fused-ring (bicyclic) bond motifs is 1. The summed E-state index contributed by atoms with van der Waals surface area (Å²) in [5, 5.41) is 6.95. The summed E-state index contributed by atoms with van der Waals surface area (Å²) in [7, 11) is 1.66. The van der Waals surface area contributed by atoms with Crippen LogP contribution in [0.5, 0.6) is 5.75 Å². The summed E-state index contributed by atoms with van der Waals surface area (Å²) < 4.78 is 46.8. The number of likely N-dealkylation sites (tertiary alicyclic amines) is 1. The van der Waals surface area contributed by atoms with Gasteiger partial charge in [-0.05, 0) is 44.3 Å². The van der Waals surface area contributed by atoms with E-state index in [4.69, 9.17) is 4.74 Å². The van der Waals surface area contributed by atoms with E-state index in [-0.39, 0.29) is 24.3 Å². The highest BCUT2D eigenvalue weighted by atomic mass is 19.4. The van der Waals surface area contributed by atoms with Gasteiger partial charge in [0.15, 0.2) is 6.04 Å². The maximum absolute atomic E-state index is 13.5. The fourth-order valence-electron chi connectivity index (χ4n) is 4.40. The third kappa shape index (κ3) is 4.45. The Morgan fingerprint density at radius 3 is 2.73 bits per heavy atom. The van der Waals surface area contributed by atoms with Gasteiger partial charge in [-0.2, -0.15) is 23.3 Å². The molecule has 30 heavy (non-hydrogen) atoms. The van der Waals surface area contributed by atoms with Gasteiger partial charge >= 0.3 is 6.18 Å². The number of piperidine rings is 1.